The minimum atomic E-state index is -0.370. The molecule has 0 spiro atoms. The van der Waals surface area contributed by atoms with E-state index in [0.717, 1.165) is 18.8 Å². The molecule has 3 rings (SSSR count). The number of tetrazole rings is 1. The highest BCUT2D eigenvalue weighted by Crippen LogP contribution is 2.38. The molecular formula is C15H20FN5. The van der Waals surface area contributed by atoms with Crippen LogP contribution in [0, 0.1) is 17.7 Å². The average molecular weight is 289 g/mol. The van der Waals surface area contributed by atoms with Gasteiger partial charge in [0, 0.05) is 11.3 Å². The Labute approximate surface area is 123 Å². The highest BCUT2D eigenvalue weighted by Gasteiger charge is 2.29. The van der Waals surface area contributed by atoms with Gasteiger partial charge < -0.3 is 5.73 Å². The van der Waals surface area contributed by atoms with Crippen LogP contribution in [0.2, 0.25) is 0 Å². The van der Waals surface area contributed by atoms with Crippen molar-refractivity contribution >= 4 is 5.69 Å². The molecule has 6 heteroatoms. The van der Waals surface area contributed by atoms with Crippen LogP contribution in [-0.4, -0.2) is 20.2 Å². The first kappa shape index (κ1) is 14.0. The molecule has 112 valence electrons. The SMILES string of the molecule is CC1CCC(n2nnnc2-c2cc(N)cc(F)c2)C(C)C1. The summed E-state index contributed by atoms with van der Waals surface area (Å²) in [4.78, 5) is 0. The molecule has 0 bridgehead atoms. The van der Waals surface area contributed by atoms with E-state index in [1.165, 1.54) is 18.6 Å². The summed E-state index contributed by atoms with van der Waals surface area (Å²) in [6.45, 7) is 4.51. The second-order valence-electron chi connectivity index (χ2n) is 6.18. The fourth-order valence-electron chi connectivity index (χ4n) is 3.36. The van der Waals surface area contributed by atoms with E-state index in [4.69, 9.17) is 5.73 Å². The van der Waals surface area contributed by atoms with Crippen molar-refractivity contribution < 1.29 is 4.39 Å². The fourth-order valence-corrected chi connectivity index (χ4v) is 3.36. The second kappa shape index (κ2) is 5.42. The van der Waals surface area contributed by atoms with Crippen LogP contribution in [-0.2, 0) is 0 Å². The summed E-state index contributed by atoms with van der Waals surface area (Å²) in [5, 5.41) is 12.0. The van der Waals surface area contributed by atoms with Crippen molar-refractivity contribution in [2.24, 2.45) is 11.8 Å². The van der Waals surface area contributed by atoms with E-state index in [-0.39, 0.29) is 11.9 Å². The Morgan fingerprint density at radius 1 is 1.24 bits per heavy atom. The van der Waals surface area contributed by atoms with E-state index in [9.17, 15) is 4.39 Å². The molecule has 0 amide bonds. The maximum absolute atomic E-state index is 13.6. The van der Waals surface area contributed by atoms with E-state index in [1.807, 2.05) is 4.68 Å². The van der Waals surface area contributed by atoms with E-state index in [0.29, 0.717) is 23.0 Å². The number of hydrogen-bond acceptors (Lipinski definition) is 4. The Kier molecular flexibility index (Phi) is 3.61. The van der Waals surface area contributed by atoms with Crippen LogP contribution in [0.25, 0.3) is 11.4 Å². The van der Waals surface area contributed by atoms with Gasteiger partial charge in [-0.3, -0.25) is 0 Å². The number of aromatic nitrogens is 4. The first-order valence-corrected chi connectivity index (χ1v) is 7.39. The largest absolute Gasteiger partial charge is 0.399 e. The summed E-state index contributed by atoms with van der Waals surface area (Å²) in [7, 11) is 0. The fraction of sp³-hybridized carbons (Fsp3) is 0.533. The van der Waals surface area contributed by atoms with Crippen molar-refractivity contribution in [2.75, 3.05) is 5.73 Å². The summed E-state index contributed by atoms with van der Waals surface area (Å²) in [6.07, 6.45) is 3.38. The normalized spacial score (nSPS) is 26.0. The second-order valence-corrected chi connectivity index (χ2v) is 6.18. The van der Waals surface area contributed by atoms with Crippen molar-refractivity contribution in [3.8, 4) is 11.4 Å². The summed E-state index contributed by atoms with van der Waals surface area (Å²) in [6, 6.07) is 4.69. The molecule has 2 N–H and O–H groups in total. The van der Waals surface area contributed by atoms with Crippen LogP contribution in [0.1, 0.15) is 39.2 Å². The molecule has 1 aromatic heterocycles. The number of nitrogens with two attached hydrogens (primary N) is 1. The smallest absolute Gasteiger partial charge is 0.182 e. The zero-order valence-electron chi connectivity index (χ0n) is 12.3. The van der Waals surface area contributed by atoms with Gasteiger partial charge in [0.25, 0.3) is 0 Å². The molecule has 3 unspecified atom stereocenters. The van der Waals surface area contributed by atoms with E-state index >= 15 is 0 Å². The lowest BCUT2D eigenvalue weighted by Crippen LogP contribution is -2.26. The van der Waals surface area contributed by atoms with Gasteiger partial charge in [-0.2, -0.15) is 0 Å². The molecule has 5 nitrogen and oxygen atoms in total. The zero-order valence-corrected chi connectivity index (χ0v) is 12.3. The molecule has 1 aliphatic rings. The molecule has 1 fully saturated rings. The Balaban J connectivity index is 1.97. The third-order valence-corrected chi connectivity index (χ3v) is 4.37. The van der Waals surface area contributed by atoms with Crippen LogP contribution in [0.3, 0.4) is 0 Å². The van der Waals surface area contributed by atoms with Gasteiger partial charge in [-0.25, -0.2) is 9.07 Å². The number of anilines is 1. The number of nitrogen functional groups attached to an aromatic ring is 1. The Bertz CT molecular complexity index is 618. The van der Waals surface area contributed by atoms with Crippen molar-refractivity contribution in [3.05, 3.63) is 24.0 Å². The molecule has 0 aliphatic heterocycles. The lowest BCUT2D eigenvalue weighted by molar-refractivity contribution is 0.194. The van der Waals surface area contributed by atoms with E-state index in [1.54, 1.807) is 6.07 Å². The van der Waals surface area contributed by atoms with Gasteiger partial charge in [0.2, 0.25) is 0 Å². The summed E-state index contributed by atoms with van der Waals surface area (Å²) >= 11 is 0. The topological polar surface area (TPSA) is 69.6 Å². The van der Waals surface area contributed by atoms with Crippen molar-refractivity contribution in [1.82, 2.24) is 20.2 Å². The highest BCUT2D eigenvalue weighted by atomic mass is 19.1. The van der Waals surface area contributed by atoms with Crippen molar-refractivity contribution in [3.63, 3.8) is 0 Å². The van der Waals surface area contributed by atoms with Gasteiger partial charge in [-0.15, -0.1) is 5.10 Å². The van der Waals surface area contributed by atoms with Crippen LogP contribution in [0.15, 0.2) is 18.2 Å². The number of benzene rings is 1. The number of hydrogen-bond donors (Lipinski definition) is 1. The molecule has 0 radical (unpaired) electrons. The number of nitrogens with zero attached hydrogens (tertiary/aromatic N) is 4. The van der Waals surface area contributed by atoms with E-state index < -0.39 is 0 Å². The van der Waals surface area contributed by atoms with Crippen molar-refractivity contribution in [2.45, 2.75) is 39.2 Å². The standard InChI is InChI=1S/C15H20FN5/c1-9-3-4-14(10(2)5-9)21-15(18-19-20-21)11-6-12(16)8-13(17)7-11/h6-10,14H,3-5,17H2,1-2H3. The van der Waals surface area contributed by atoms with Gasteiger partial charge in [0.1, 0.15) is 5.82 Å². The maximum Gasteiger partial charge on any atom is 0.182 e. The first-order chi connectivity index (χ1) is 10.0. The number of halogens is 1. The van der Waals surface area contributed by atoms with Crippen LogP contribution in [0.4, 0.5) is 10.1 Å². The van der Waals surface area contributed by atoms with Gasteiger partial charge in [0.05, 0.1) is 6.04 Å². The maximum atomic E-state index is 13.6. The lowest BCUT2D eigenvalue weighted by Gasteiger charge is -2.32. The Morgan fingerprint density at radius 3 is 2.76 bits per heavy atom. The summed E-state index contributed by atoms with van der Waals surface area (Å²) < 4.78 is 15.4. The minimum Gasteiger partial charge on any atom is -0.399 e. The zero-order chi connectivity index (χ0) is 15.0. The van der Waals surface area contributed by atoms with Crippen LogP contribution >= 0.6 is 0 Å². The van der Waals surface area contributed by atoms with Gasteiger partial charge in [-0.05, 0) is 59.7 Å². The monoisotopic (exact) mass is 289 g/mol. The molecular weight excluding hydrogens is 269 g/mol. The van der Waals surface area contributed by atoms with Crippen LogP contribution < -0.4 is 5.73 Å². The first-order valence-electron chi connectivity index (χ1n) is 7.39. The predicted octanol–water partition coefficient (Wildman–Crippen LogP) is 3.06. The molecule has 21 heavy (non-hydrogen) atoms. The molecule has 3 atom stereocenters. The van der Waals surface area contributed by atoms with Gasteiger partial charge >= 0.3 is 0 Å². The lowest BCUT2D eigenvalue weighted by atomic mass is 9.80. The van der Waals surface area contributed by atoms with Crippen LogP contribution in [0.5, 0.6) is 0 Å². The summed E-state index contributed by atoms with van der Waals surface area (Å²) in [5.74, 6) is 1.46. The van der Waals surface area contributed by atoms with Gasteiger partial charge in [0.15, 0.2) is 5.82 Å². The Morgan fingerprint density at radius 2 is 2.05 bits per heavy atom. The summed E-state index contributed by atoms with van der Waals surface area (Å²) in [5.41, 5.74) is 6.73. The van der Waals surface area contributed by atoms with Gasteiger partial charge in [-0.1, -0.05) is 13.8 Å². The highest BCUT2D eigenvalue weighted by molar-refractivity contribution is 5.61. The molecule has 2 aromatic rings. The third kappa shape index (κ3) is 2.75. The molecule has 0 saturated heterocycles. The average Bonchev–Trinajstić information content (AvgIpc) is 2.86. The van der Waals surface area contributed by atoms with E-state index in [2.05, 4.69) is 29.4 Å². The van der Waals surface area contributed by atoms with Crippen molar-refractivity contribution in [1.29, 1.82) is 0 Å². The third-order valence-electron chi connectivity index (χ3n) is 4.37. The molecule has 1 aromatic carbocycles. The quantitative estimate of drug-likeness (QED) is 0.863. The minimum absolute atomic E-state index is 0.260. The Hall–Kier alpha value is -1.98. The molecule has 1 saturated carbocycles. The molecule has 1 heterocycles. The molecule has 1 aliphatic carbocycles. The number of rotatable bonds is 2. The predicted molar refractivity (Wildman–Crippen MR) is 78.8 cm³/mol.